The van der Waals surface area contributed by atoms with Gasteiger partial charge in [0.15, 0.2) is 17.3 Å². The van der Waals surface area contributed by atoms with Crippen LogP contribution in [0, 0.1) is 12.7 Å². The number of nitrogens with one attached hydrogen (secondary N) is 1. The number of hydrogen-bond donors (Lipinski definition) is 1. The lowest BCUT2D eigenvalue weighted by Crippen LogP contribution is -2.28. The summed E-state index contributed by atoms with van der Waals surface area (Å²) >= 11 is 0. The number of aromatic nitrogens is 2. The number of aryl methyl sites for hydroxylation is 1. The fraction of sp³-hybridized carbons (Fsp3) is 0.167. The van der Waals surface area contributed by atoms with Crippen LogP contribution in [0.15, 0.2) is 77.6 Å². The Morgan fingerprint density at radius 3 is 2.55 bits per heavy atom. The molecule has 2 heterocycles. The molecule has 4 rings (SSSR count). The van der Waals surface area contributed by atoms with E-state index in [1.165, 1.54) is 12.1 Å². The maximum atomic E-state index is 13.8. The van der Waals surface area contributed by atoms with Gasteiger partial charge < -0.3 is 19.1 Å². The molecule has 0 fully saturated rings. The lowest BCUT2D eigenvalue weighted by atomic mass is 10.1. The molecule has 1 N–H and O–H groups in total. The van der Waals surface area contributed by atoms with E-state index < -0.39 is 5.82 Å². The van der Waals surface area contributed by atoms with Crippen LogP contribution < -0.4 is 10.1 Å². The first-order valence-corrected chi connectivity index (χ1v) is 9.89. The minimum absolute atomic E-state index is 0.0288. The van der Waals surface area contributed by atoms with Crippen LogP contribution in [0.3, 0.4) is 0 Å². The number of ether oxygens (including phenoxy) is 1. The molecule has 0 saturated heterocycles. The van der Waals surface area contributed by atoms with Crippen molar-refractivity contribution < 1.29 is 18.4 Å². The van der Waals surface area contributed by atoms with E-state index in [9.17, 15) is 9.18 Å². The van der Waals surface area contributed by atoms with Gasteiger partial charge in [0, 0.05) is 18.1 Å². The van der Waals surface area contributed by atoms with E-state index in [4.69, 9.17) is 9.26 Å². The molecule has 2 aromatic heterocycles. The van der Waals surface area contributed by atoms with E-state index in [0.29, 0.717) is 11.3 Å². The standard InChI is InChI=1S/C24H22FN3O3/c1-16(18-9-11-19(12-10-18)28-13-5-6-14-28)26-24(29)23-20(17(2)31-27-23)15-30-22-8-4-3-7-21(22)25/h3-14,16H,15H2,1-2H3,(H,26,29). The van der Waals surface area contributed by atoms with Gasteiger partial charge in [-0.15, -0.1) is 0 Å². The number of amides is 1. The third kappa shape index (κ3) is 4.50. The van der Waals surface area contributed by atoms with Crippen LogP contribution in [0.4, 0.5) is 4.39 Å². The molecule has 6 nitrogen and oxygen atoms in total. The summed E-state index contributed by atoms with van der Waals surface area (Å²) in [6.45, 7) is 3.55. The molecule has 0 aliphatic heterocycles. The van der Waals surface area contributed by atoms with Crippen molar-refractivity contribution in [1.29, 1.82) is 0 Å². The fourth-order valence-corrected chi connectivity index (χ4v) is 3.24. The van der Waals surface area contributed by atoms with E-state index in [0.717, 1.165) is 11.3 Å². The molecule has 1 atom stereocenters. The number of carbonyl (C=O) groups is 1. The van der Waals surface area contributed by atoms with Crippen LogP contribution in [0.1, 0.15) is 40.3 Å². The quantitative estimate of drug-likeness (QED) is 0.459. The second-order valence-corrected chi connectivity index (χ2v) is 7.16. The number of benzene rings is 2. The van der Waals surface area contributed by atoms with Gasteiger partial charge in [-0.05, 0) is 55.8 Å². The average molecular weight is 419 g/mol. The Morgan fingerprint density at radius 1 is 1.13 bits per heavy atom. The van der Waals surface area contributed by atoms with Gasteiger partial charge in [-0.1, -0.05) is 29.4 Å². The SMILES string of the molecule is Cc1onc(C(=O)NC(C)c2ccc(-n3cccc3)cc2)c1COc1ccccc1F. The van der Waals surface area contributed by atoms with E-state index >= 15 is 0 Å². The fourth-order valence-electron chi connectivity index (χ4n) is 3.24. The summed E-state index contributed by atoms with van der Waals surface area (Å²) in [5, 5.41) is 6.81. The zero-order valence-electron chi connectivity index (χ0n) is 17.2. The Bertz CT molecular complexity index is 1170. The molecule has 0 bridgehead atoms. The van der Waals surface area contributed by atoms with Crippen LogP contribution >= 0.6 is 0 Å². The zero-order valence-corrected chi connectivity index (χ0v) is 17.2. The number of carbonyl (C=O) groups excluding carboxylic acids is 1. The van der Waals surface area contributed by atoms with Crippen LogP contribution in [-0.4, -0.2) is 15.6 Å². The molecule has 0 aliphatic rings. The maximum absolute atomic E-state index is 13.8. The van der Waals surface area contributed by atoms with Gasteiger partial charge in [-0.2, -0.15) is 0 Å². The van der Waals surface area contributed by atoms with E-state index in [1.54, 1.807) is 19.1 Å². The van der Waals surface area contributed by atoms with Crippen molar-refractivity contribution in [3.8, 4) is 11.4 Å². The summed E-state index contributed by atoms with van der Waals surface area (Å²) in [4.78, 5) is 12.8. The molecule has 2 aromatic carbocycles. The predicted octanol–water partition coefficient (Wildman–Crippen LogP) is 4.98. The number of rotatable bonds is 7. The normalized spacial score (nSPS) is 11.8. The third-order valence-electron chi connectivity index (χ3n) is 5.05. The third-order valence-corrected chi connectivity index (χ3v) is 5.05. The second kappa shape index (κ2) is 8.87. The summed E-state index contributed by atoms with van der Waals surface area (Å²) in [7, 11) is 0. The van der Waals surface area contributed by atoms with E-state index in [1.807, 2.05) is 60.3 Å². The highest BCUT2D eigenvalue weighted by atomic mass is 19.1. The highest BCUT2D eigenvalue weighted by molar-refractivity contribution is 5.94. The van der Waals surface area contributed by atoms with Gasteiger partial charge in [0.25, 0.3) is 5.91 Å². The Kier molecular flexibility index (Phi) is 5.84. The van der Waals surface area contributed by atoms with Gasteiger partial charge in [0.05, 0.1) is 11.6 Å². The van der Waals surface area contributed by atoms with Gasteiger partial charge in [0.2, 0.25) is 0 Å². The number of halogens is 1. The maximum Gasteiger partial charge on any atom is 0.274 e. The van der Waals surface area contributed by atoms with Gasteiger partial charge >= 0.3 is 0 Å². The van der Waals surface area contributed by atoms with Crippen LogP contribution in [-0.2, 0) is 6.61 Å². The lowest BCUT2D eigenvalue weighted by molar-refractivity contribution is 0.0928. The monoisotopic (exact) mass is 419 g/mol. The number of hydrogen-bond acceptors (Lipinski definition) is 4. The largest absolute Gasteiger partial charge is 0.486 e. The molecule has 4 aromatic rings. The van der Waals surface area contributed by atoms with Crippen LogP contribution in [0.2, 0.25) is 0 Å². The van der Waals surface area contributed by atoms with E-state index in [2.05, 4.69) is 10.5 Å². The van der Waals surface area contributed by atoms with Gasteiger partial charge in [-0.25, -0.2) is 4.39 Å². The van der Waals surface area contributed by atoms with Crippen molar-refractivity contribution in [3.63, 3.8) is 0 Å². The Morgan fingerprint density at radius 2 is 1.84 bits per heavy atom. The van der Waals surface area contributed by atoms with Crippen molar-refractivity contribution in [2.45, 2.75) is 26.5 Å². The highest BCUT2D eigenvalue weighted by Crippen LogP contribution is 2.22. The summed E-state index contributed by atoms with van der Waals surface area (Å²) in [5.74, 6) is -0.304. The first kappa shape index (κ1) is 20.4. The Labute approximate surface area is 179 Å². The van der Waals surface area contributed by atoms with Gasteiger partial charge in [-0.3, -0.25) is 4.79 Å². The predicted molar refractivity (Wildman–Crippen MR) is 114 cm³/mol. The molecule has 1 unspecified atom stereocenters. The van der Waals surface area contributed by atoms with Crippen molar-refractivity contribution in [1.82, 2.24) is 15.0 Å². The molecule has 31 heavy (non-hydrogen) atoms. The molecular formula is C24H22FN3O3. The lowest BCUT2D eigenvalue weighted by Gasteiger charge is -2.15. The molecule has 0 aliphatic carbocycles. The summed E-state index contributed by atoms with van der Waals surface area (Å²) < 4.78 is 26.5. The van der Waals surface area contributed by atoms with Crippen molar-refractivity contribution >= 4 is 5.91 Å². The Hall–Kier alpha value is -3.87. The van der Waals surface area contributed by atoms with Crippen LogP contribution in [0.25, 0.3) is 5.69 Å². The smallest absolute Gasteiger partial charge is 0.274 e. The Balaban J connectivity index is 1.44. The van der Waals surface area contributed by atoms with Gasteiger partial charge in [0.1, 0.15) is 12.4 Å². The summed E-state index contributed by atoms with van der Waals surface area (Å²) in [6, 6.07) is 17.7. The zero-order chi connectivity index (χ0) is 21.8. The minimum Gasteiger partial charge on any atom is -0.486 e. The van der Waals surface area contributed by atoms with Crippen molar-refractivity contribution in [3.05, 3.63) is 101 Å². The number of para-hydroxylation sites is 1. The molecule has 158 valence electrons. The molecule has 1 amide bonds. The van der Waals surface area contributed by atoms with E-state index in [-0.39, 0.29) is 30.0 Å². The average Bonchev–Trinajstić information content (AvgIpc) is 3.43. The van der Waals surface area contributed by atoms with Crippen molar-refractivity contribution in [2.75, 3.05) is 0 Å². The van der Waals surface area contributed by atoms with Crippen molar-refractivity contribution in [2.24, 2.45) is 0 Å². The summed E-state index contributed by atoms with van der Waals surface area (Å²) in [6.07, 6.45) is 3.94. The molecule has 0 spiro atoms. The topological polar surface area (TPSA) is 69.3 Å². The first-order valence-electron chi connectivity index (χ1n) is 9.89. The second-order valence-electron chi connectivity index (χ2n) is 7.16. The molecule has 0 radical (unpaired) electrons. The minimum atomic E-state index is -0.473. The highest BCUT2D eigenvalue weighted by Gasteiger charge is 2.22. The first-order chi connectivity index (χ1) is 15.0. The number of nitrogens with zero attached hydrogens (tertiary/aromatic N) is 2. The van der Waals surface area contributed by atoms with Crippen LogP contribution in [0.5, 0.6) is 5.75 Å². The molecule has 0 saturated carbocycles. The molecular weight excluding hydrogens is 397 g/mol. The summed E-state index contributed by atoms with van der Waals surface area (Å²) in [5.41, 5.74) is 2.60. The molecule has 7 heteroatoms.